The topological polar surface area (TPSA) is 49.9 Å². The lowest BCUT2D eigenvalue weighted by molar-refractivity contribution is -0.137. The van der Waals surface area contributed by atoms with Gasteiger partial charge in [0.25, 0.3) is 5.91 Å². The summed E-state index contributed by atoms with van der Waals surface area (Å²) in [4.78, 5) is 28.7. The van der Waals surface area contributed by atoms with Crippen LogP contribution in [-0.4, -0.2) is 42.5 Å². The van der Waals surface area contributed by atoms with Gasteiger partial charge >= 0.3 is 6.18 Å². The summed E-state index contributed by atoms with van der Waals surface area (Å²) in [5.41, 5.74) is -0.107. The predicted octanol–water partition coefficient (Wildman–Crippen LogP) is 3.34. The highest BCUT2D eigenvalue weighted by Gasteiger charge is 2.44. The van der Waals surface area contributed by atoms with E-state index in [1.165, 1.54) is 9.80 Å². The number of rotatable bonds is 1. The minimum absolute atomic E-state index is 0.103. The molecule has 28 heavy (non-hydrogen) atoms. The molecule has 2 aliphatic heterocycles. The molecule has 2 amide bonds. The van der Waals surface area contributed by atoms with Gasteiger partial charge in [-0.25, -0.2) is 0 Å². The van der Waals surface area contributed by atoms with Crippen LogP contribution in [0.25, 0.3) is 0 Å². The van der Waals surface area contributed by atoms with Crippen molar-refractivity contribution in [1.82, 2.24) is 4.90 Å². The van der Waals surface area contributed by atoms with Crippen molar-refractivity contribution in [3.63, 3.8) is 0 Å². The first-order chi connectivity index (χ1) is 13.3. The summed E-state index contributed by atoms with van der Waals surface area (Å²) < 4.78 is 44.2. The molecule has 2 atom stereocenters. The SMILES string of the molecule is CN1C(=O)[C@@H]2C[C@@H](CN2C(=O)c2ccc(C(F)(F)F)cc2)Oc2ccccc21. The van der Waals surface area contributed by atoms with Crippen molar-refractivity contribution in [1.29, 1.82) is 0 Å². The van der Waals surface area contributed by atoms with Gasteiger partial charge in [-0.3, -0.25) is 9.59 Å². The van der Waals surface area contributed by atoms with Crippen molar-refractivity contribution in [3.05, 3.63) is 59.7 Å². The van der Waals surface area contributed by atoms with Gasteiger partial charge in [0.2, 0.25) is 5.91 Å². The number of alkyl halides is 3. The summed E-state index contributed by atoms with van der Waals surface area (Å²) in [5, 5.41) is 0. The molecule has 1 saturated heterocycles. The van der Waals surface area contributed by atoms with Crippen molar-refractivity contribution >= 4 is 17.5 Å². The number of nitrogens with zero attached hydrogens (tertiary/aromatic N) is 2. The zero-order chi connectivity index (χ0) is 20.1. The second kappa shape index (κ2) is 6.54. The van der Waals surface area contributed by atoms with Crippen LogP contribution in [0.4, 0.5) is 18.9 Å². The second-order valence-electron chi connectivity index (χ2n) is 6.89. The molecule has 0 radical (unpaired) electrons. The van der Waals surface area contributed by atoms with Gasteiger partial charge in [-0.2, -0.15) is 13.2 Å². The number of likely N-dealkylation sites (N-methyl/N-ethyl adjacent to an activating group) is 1. The standard InChI is InChI=1S/C20H17F3N2O3/c1-24-15-4-2-3-5-17(15)28-14-10-16(19(24)27)25(11-14)18(26)12-6-8-13(9-7-12)20(21,22)23/h2-9,14,16H,10-11H2,1H3/t14-,16-/m0/s1. The molecule has 8 heteroatoms. The molecular weight excluding hydrogens is 373 g/mol. The molecule has 0 spiro atoms. The van der Waals surface area contributed by atoms with E-state index in [2.05, 4.69) is 0 Å². The maximum atomic E-state index is 13.0. The maximum Gasteiger partial charge on any atom is 0.416 e. The van der Waals surface area contributed by atoms with Crippen LogP contribution in [0.15, 0.2) is 48.5 Å². The zero-order valence-corrected chi connectivity index (χ0v) is 14.9. The third kappa shape index (κ3) is 3.08. The largest absolute Gasteiger partial charge is 0.486 e. The number of halogens is 3. The highest BCUT2D eigenvalue weighted by atomic mass is 19.4. The molecule has 2 heterocycles. The lowest BCUT2D eigenvalue weighted by atomic mass is 10.1. The van der Waals surface area contributed by atoms with E-state index >= 15 is 0 Å². The van der Waals surface area contributed by atoms with Crippen molar-refractivity contribution in [2.24, 2.45) is 0 Å². The fourth-order valence-electron chi connectivity index (χ4n) is 3.66. The Morgan fingerprint density at radius 1 is 1.11 bits per heavy atom. The summed E-state index contributed by atoms with van der Waals surface area (Å²) in [6, 6.07) is 10.4. The van der Waals surface area contributed by atoms with Crippen LogP contribution in [-0.2, 0) is 11.0 Å². The highest BCUT2D eigenvalue weighted by molar-refractivity contribution is 6.03. The summed E-state index contributed by atoms with van der Waals surface area (Å²) in [7, 11) is 1.62. The summed E-state index contributed by atoms with van der Waals surface area (Å²) >= 11 is 0. The monoisotopic (exact) mass is 390 g/mol. The molecule has 2 bridgehead atoms. The Bertz CT molecular complexity index is 927. The van der Waals surface area contributed by atoms with Crippen molar-refractivity contribution < 1.29 is 27.5 Å². The number of carbonyl (C=O) groups is 2. The molecule has 0 saturated carbocycles. The summed E-state index contributed by atoms with van der Waals surface area (Å²) in [5.74, 6) is -0.179. The molecule has 2 aliphatic rings. The van der Waals surface area contributed by atoms with E-state index in [0.717, 1.165) is 24.3 Å². The van der Waals surface area contributed by atoms with Crippen LogP contribution >= 0.6 is 0 Å². The van der Waals surface area contributed by atoms with Crippen LogP contribution in [0, 0.1) is 0 Å². The molecule has 0 aliphatic carbocycles. The van der Waals surface area contributed by atoms with E-state index in [1.54, 1.807) is 31.3 Å². The molecule has 2 aromatic rings. The molecule has 0 aromatic heterocycles. The number of para-hydroxylation sites is 2. The van der Waals surface area contributed by atoms with Crippen LogP contribution < -0.4 is 9.64 Å². The Labute approximate surface area is 159 Å². The molecule has 0 N–H and O–H groups in total. The number of ether oxygens (including phenoxy) is 1. The van der Waals surface area contributed by atoms with E-state index in [-0.39, 0.29) is 24.1 Å². The molecular formula is C20H17F3N2O3. The average molecular weight is 390 g/mol. The van der Waals surface area contributed by atoms with E-state index in [1.807, 2.05) is 0 Å². The lowest BCUT2D eigenvalue weighted by Gasteiger charge is -2.29. The number of benzene rings is 2. The van der Waals surface area contributed by atoms with Gasteiger partial charge in [-0.1, -0.05) is 12.1 Å². The lowest BCUT2D eigenvalue weighted by Crippen LogP contribution is -2.46. The average Bonchev–Trinajstić information content (AvgIpc) is 3.10. The van der Waals surface area contributed by atoms with Gasteiger partial charge in [0.05, 0.1) is 17.8 Å². The first-order valence-electron chi connectivity index (χ1n) is 8.77. The number of likely N-dealkylation sites (tertiary alicyclic amines) is 1. The minimum Gasteiger partial charge on any atom is -0.486 e. The molecule has 146 valence electrons. The van der Waals surface area contributed by atoms with Crippen LogP contribution in [0.2, 0.25) is 0 Å². The molecule has 2 aromatic carbocycles. The van der Waals surface area contributed by atoms with Gasteiger partial charge < -0.3 is 14.5 Å². The minimum atomic E-state index is -4.47. The van der Waals surface area contributed by atoms with Crippen molar-refractivity contribution in [2.75, 3.05) is 18.5 Å². The highest BCUT2D eigenvalue weighted by Crippen LogP contribution is 2.36. The van der Waals surface area contributed by atoms with Crippen molar-refractivity contribution in [2.45, 2.75) is 24.7 Å². The van der Waals surface area contributed by atoms with Gasteiger partial charge in [-0.05, 0) is 36.4 Å². The van der Waals surface area contributed by atoms with Gasteiger partial charge in [0.15, 0.2) is 0 Å². The van der Waals surface area contributed by atoms with Crippen LogP contribution in [0.3, 0.4) is 0 Å². The van der Waals surface area contributed by atoms with Crippen LogP contribution in [0.5, 0.6) is 5.75 Å². The Morgan fingerprint density at radius 3 is 2.46 bits per heavy atom. The molecule has 0 unspecified atom stereocenters. The number of hydrogen-bond donors (Lipinski definition) is 0. The summed E-state index contributed by atoms with van der Waals surface area (Å²) in [6.07, 6.45) is -4.49. The number of carbonyl (C=O) groups excluding carboxylic acids is 2. The number of fused-ring (bicyclic) bond motifs is 3. The van der Waals surface area contributed by atoms with E-state index in [4.69, 9.17) is 4.74 Å². The first kappa shape index (κ1) is 18.3. The third-order valence-corrected chi connectivity index (χ3v) is 5.12. The Balaban J connectivity index is 1.62. The number of hydrogen-bond acceptors (Lipinski definition) is 3. The third-order valence-electron chi connectivity index (χ3n) is 5.12. The second-order valence-corrected chi connectivity index (χ2v) is 6.89. The smallest absolute Gasteiger partial charge is 0.416 e. The van der Waals surface area contributed by atoms with Crippen molar-refractivity contribution in [3.8, 4) is 5.75 Å². The van der Waals surface area contributed by atoms with E-state index < -0.39 is 23.7 Å². The van der Waals surface area contributed by atoms with Gasteiger partial charge in [-0.15, -0.1) is 0 Å². The quantitative estimate of drug-likeness (QED) is 0.751. The Kier molecular flexibility index (Phi) is 4.28. The number of amides is 2. The summed E-state index contributed by atoms with van der Waals surface area (Å²) in [6.45, 7) is 0.193. The predicted molar refractivity (Wildman–Crippen MR) is 95.2 cm³/mol. The Hall–Kier alpha value is -3.03. The fourth-order valence-corrected chi connectivity index (χ4v) is 3.66. The Morgan fingerprint density at radius 2 is 1.79 bits per heavy atom. The first-order valence-corrected chi connectivity index (χ1v) is 8.77. The van der Waals surface area contributed by atoms with E-state index in [9.17, 15) is 22.8 Å². The van der Waals surface area contributed by atoms with Crippen LogP contribution in [0.1, 0.15) is 22.3 Å². The number of anilines is 1. The fraction of sp³-hybridized carbons (Fsp3) is 0.300. The zero-order valence-electron chi connectivity index (χ0n) is 14.9. The molecule has 5 nitrogen and oxygen atoms in total. The molecule has 1 fully saturated rings. The van der Waals surface area contributed by atoms with E-state index in [0.29, 0.717) is 17.9 Å². The molecule has 4 rings (SSSR count). The van der Waals surface area contributed by atoms with Gasteiger partial charge in [0, 0.05) is 19.0 Å². The van der Waals surface area contributed by atoms with Gasteiger partial charge in [0.1, 0.15) is 17.9 Å². The normalized spacial score (nSPS) is 21.6. The maximum absolute atomic E-state index is 13.0.